The van der Waals surface area contributed by atoms with Crippen molar-refractivity contribution in [1.29, 1.82) is 0 Å². The minimum Gasteiger partial charge on any atom is -0.0885 e. The van der Waals surface area contributed by atoms with E-state index in [-0.39, 0.29) is 0 Å². The summed E-state index contributed by atoms with van der Waals surface area (Å²) in [4.78, 5) is 0. The normalized spacial score (nSPS) is 25.8. The van der Waals surface area contributed by atoms with Crippen LogP contribution in [0, 0.1) is 0 Å². The van der Waals surface area contributed by atoms with Crippen molar-refractivity contribution in [1.82, 2.24) is 0 Å². The monoisotopic (exact) mass is 520 g/mol. The fourth-order valence-corrected chi connectivity index (χ4v) is 18.9. The second-order valence-corrected chi connectivity index (χ2v) is 17.3. The van der Waals surface area contributed by atoms with Gasteiger partial charge in [0.25, 0.3) is 0 Å². The third kappa shape index (κ3) is 3.59. The highest BCUT2D eigenvalue weighted by Crippen LogP contribution is 2.67. The maximum Gasteiger partial charge on any atom is 0.0873 e. The highest BCUT2D eigenvalue weighted by molar-refractivity contribution is 6.88. The highest BCUT2D eigenvalue weighted by atomic mass is 35.5. The molecule has 0 spiro atoms. The molecule has 2 aromatic rings. The van der Waals surface area contributed by atoms with Crippen molar-refractivity contribution in [3.8, 4) is 0 Å². The Labute approximate surface area is 222 Å². The fraction of sp³-hybridized carbons (Fsp3) is 0.500. The van der Waals surface area contributed by atoms with Gasteiger partial charge in [0.2, 0.25) is 0 Å². The molecular weight excluding hydrogens is 483 g/mol. The molecule has 0 radical (unpaired) electrons. The molecule has 184 valence electrons. The van der Waals surface area contributed by atoms with Crippen molar-refractivity contribution in [2.75, 3.05) is 0 Å². The van der Waals surface area contributed by atoms with Gasteiger partial charge in [0.1, 0.15) is 0 Å². The van der Waals surface area contributed by atoms with Crippen molar-refractivity contribution in [3.63, 3.8) is 0 Å². The molecule has 4 aliphatic carbocycles. The van der Waals surface area contributed by atoms with Crippen LogP contribution in [0.15, 0.2) is 58.6 Å². The van der Waals surface area contributed by atoms with Gasteiger partial charge in [-0.3, -0.25) is 0 Å². The summed E-state index contributed by atoms with van der Waals surface area (Å²) >= 11 is 15.1. The lowest BCUT2D eigenvalue weighted by Crippen LogP contribution is -2.56. The number of hydrogen-bond acceptors (Lipinski definition) is 0. The van der Waals surface area contributed by atoms with Crippen LogP contribution in [0.5, 0.6) is 0 Å². The zero-order valence-electron chi connectivity index (χ0n) is 21.3. The van der Waals surface area contributed by atoms with Gasteiger partial charge in [-0.05, 0) is 58.3 Å². The van der Waals surface area contributed by atoms with Crippen molar-refractivity contribution in [2.45, 2.75) is 100 Å². The van der Waals surface area contributed by atoms with Gasteiger partial charge in [0.15, 0.2) is 0 Å². The highest BCUT2D eigenvalue weighted by Gasteiger charge is 2.62. The van der Waals surface area contributed by atoms with E-state index >= 15 is 0 Å². The number of rotatable bonds is 4. The summed E-state index contributed by atoms with van der Waals surface area (Å²) in [5.41, 5.74) is 10.7. The van der Waals surface area contributed by atoms with Crippen LogP contribution in [0.3, 0.4) is 0 Å². The minimum atomic E-state index is -2.22. The summed E-state index contributed by atoms with van der Waals surface area (Å²) in [6, 6.07) is 18.4. The molecule has 2 fully saturated rings. The number of benzene rings is 2. The molecule has 2 aromatic carbocycles. The van der Waals surface area contributed by atoms with Gasteiger partial charge in [-0.25, -0.2) is 0 Å². The zero-order chi connectivity index (χ0) is 24.2. The molecule has 2 atom stereocenters. The first-order chi connectivity index (χ1) is 17.1. The largest absolute Gasteiger partial charge is 0.0885 e. The molecule has 0 nitrogen and oxygen atoms in total. The Morgan fingerprint density at radius 3 is 1.34 bits per heavy atom. The first kappa shape index (κ1) is 24.1. The average molecular weight is 522 g/mol. The molecule has 2 saturated carbocycles. The summed E-state index contributed by atoms with van der Waals surface area (Å²) in [7, 11) is -2.22. The predicted octanol–water partition coefficient (Wildman–Crippen LogP) is 10.7. The van der Waals surface area contributed by atoms with E-state index in [4.69, 9.17) is 23.2 Å². The second-order valence-electron chi connectivity index (χ2n) is 11.7. The van der Waals surface area contributed by atoms with Gasteiger partial charge < -0.3 is 0 Å². The van der Waals surface area contributed by atoms with E-state index in [0.717, 1.165) is 21.1 Å². The molecule has 0 aromatic heterocycles. The standard InChI is InChI=1S/C32H38Cl2Si/c1-21-25-17-9-11-19-27(25)31(29(21)33)35(23-13-5-3-6-14-23,24-15-7-4-8-16-24)32-28-20-12-10-18-26(28)22(2)30(32)34/h9-12,17-20,23-24,31-32H,3-8,13-16H2,1-2H3. The first-order valence-electron chi connectivity index (χ1n) is 14.0. The van der Waals surface area contributed by atoms with Crippen LogP contribution < -0.4 is 0 Å². The van der Waals surface area contributed by atoms with E-state index in [2.05, 4.69) is 62.4 Å². The molecule has 0 saturated heterocycles. The number of halogens is 2. The van der Waals surface area contributed by atoms with Gasteiger partial charge in [0.05, 0.1) is 8.07 Å². The van der Waals surface area contributed by atoms with Gasteiger partial charge in [-0.15, -0.1) is 0 Å². The van der Waals surface area contributed by atoms with Crippen molar-refractivity contribution >= 4 is 42.4 Å². The lowest BCUT2D eigenvalue weighted by atomic mass is 9.99. The van der Waals surface area contributed by atoms with Gasteiger partial charge >= 0.3 is 0 Å². The molecule has 3 heteroatoms. The van der Waals surface area contributed by atoms with Gasteiger partial charge in [0, 0.05) is 21.1 Å². The summed E-state index contributed by atoms with van der Waals surface area (Å²) in [6.07, 6.45) is 13.7. The SMILES string of the molecule is CC1=C(Cl)C([Si](C2CCCCC2)(C2CCCCC2)C2C(Cl)=C(C)c3ccccc32)c2ccccc21. The molecular formula is C32H38Cl2Si. The van der Waals surface area contributed by atoms with Crippen LogP contribution in [-0.4, -0.2) is 8.07 Å². The Morgan fingerprint density at radius 2 is 0.943 bits per heavy atom. The first-order valence-corrected chi connectivity index (χ1v) is 17.0. The molecule has 2 unspecified atom stereocenters. The Bertz CT molecular complexity index is 1090. The van der Waals surface area contributed by atoms with E-state index in [1.165, 1.54) is 97.6 Å². The molecule has 4 aliphatic rings. The van der Waals surface area contributed by atoms with Crippen LogP contribution in [-0.2, 0) is 0 Å². The van der Waals surface area contributed by atoms with E-state index in [1.807, 2.05) is 0 Å². The smallest absolute Gasteiger partial charge is 0.0873 e. The van der Waals surface area contributed by atoms with E-state index in [0.29, 0.717) is 11.1 Å². The summed E-state index contributed by atoms with van der Waals surface area (Å²) in [5, 5.41) is 2.31. The molecule has 35 heavy (non-hydrogen) atoms. The molecule has 0 aliphatic heterocycles. The third-order valence-corrected chi connectivity index (χ3v) is 18.8. The number of allylic oxidation sites excluding steroid dienone is 4. The van der Waals surface area contributed by atoms with Gasteiger partial charge in [-0.1, -0.05) is 136 Å². The Morgan fingerprint density at radius 1 is 0.571 bits per heavy atom. The van der Waals surface area contributed by atoms with E-state index in [9.17, 15) is 0 Å². The lowest BCUT2D eigenvalue weighted by Gasteiger charge is -2.55. The van der Waals surface area contributed by atoms with Crippen LogP contribution in [0.1, 0.15) is 111 Å². The van der Waals surface area contributed by atoms with E-state index < -0.39 is 8.07 Å². The predicted molar refractivity (Wildman–Crippen MR) is 155 cm³/mol. The number of fused-ring (bicyclic) bond motifs is 2. The molecule has 0 heterocycles. The third-order valence-electron chi connectivity index (χ3n) is 10.2. The summed E-state index contributed by atoms with van der Waals surface area (Å²) in [6.45, 7) is 4.54. The summed E-state index contributed by atoms with van der Waals surface area (Å²) in [5.74, 6) is 0. The van der Waals surface area contributed by atoms with Crippen molar-refractivity contribution in [2.24, 2.45) is 0 Å². The number of hydrogen-bond donors (Lipinski definition) is 0. The zero-order valence-corrected chi connectivity index (χ0v) is 23.8. The fourth-order valence-electron chi connectivity index (χ4n) is 8.77. The van der Waals surface area contributed by atoms with Crippen LogP contribution >= 0.6 is 23.2 Å². The maximum atomic E-state index is 7.56. The topological polar surface area (TPSA) is 0 Å². The van der Waals surface area contributed by atoms with Crippen LogP contribution in [0.2, 0.25) is 11.1 Å². The second kappa shape index (κ2) is 9.55. The molecule has 6 rings (SSSR count). The Hall–Kier alpha value is -1.28. The molecule has 0 amide bonds. The maximum absolute atomic E-state index is 7.56. The molecule has 0 N–H and O–H groups in total. The lowest BCUT2D eigenvalue weighted by molar-refractivity contribution is 0.441. The van der Waals surface area contributed by atoms with Gasteiger partial charge in [-0.2, -0.15) is 0 Å². The quantitative estimate of drug-likeness (QED) is 0.351. The van der Waals surface area contributed by atoms with Crippen molar-refractivity contribution < 1.29 is 0 Å². The minimum absolute atomic E-state index is 0.365. The van der Waals surface area contributed by atoms with Crippen LogP contribution in [0.4, 0.5) is 0 Å². The van der Waals surface area contributed by atoms with Crippen LogP contribution in [0.25, 0.3) is 11.1 Å². The average Bonchev–Trinajstić information content (AvgIpc) is 3.32. The van der Waals surface area contributed by atoms with Crippen molar-refractivity contribution in [3.05, 3.63) is 80.8 Å². The van der Waals surface area contributed by atoms with E-state index in [1.54, 1.807) is 0 Å². The Balaban J connectivity index is 1.67. The Kier molecular flexibility index (Phi) is 6.57. The summed E-state index contributed by atoms with van der Waals surface area (Å²) < 4.78 is 0. The molecule has 0 bridgehead atoms.